The maximum atomic E-state index is 12.1. The molecule has 2 N–H and O–H groups in total. The fraction of sp³-hybridized carbons (Fsp3) is 1.00. The Kier molecular flexibility index (Phi) is 4.18. The van der Waals surface area contributed by atoms with Crippen molar-refractivity contribution in [3.05, 3.63) is 0 Å². The van der Waals surface area contributed by atoms with E-state index >= 15 is 0 Å². The van der Waals surface area contributed by atoms with Gasteiger partial charge >= 0.3 is 0 Å². The number of piperidine rings is 2. The number of nitrogens with one attached hydrogen (secondary N) is 2. The van der Waals surface area contributed by atoms with Gasteiger partial charge in [-0.25, -0.2) is 13.4 Å². The molecule has 5 nitrogen and oxygen atoms in total. The van der Waals surface area contributed by atoms with E-state index in [1.807, 2.05) is 5.01 Å². The lowest BCUT2D eigenvalue weighted by Gasteiger charge is -2.30. The molecule has 2 fully saturated rings. The normalized spacial score (nSPS) is 29.1. The van der Waals surface area contributed by atoms with E-state index in [-0.39, 0.29) is 5.25 Å². The standard InChI is InChI=1S/C10H21N3O2S/c14-16(15,10-5-4-6-11-9-10)12-13-7-2-1-3-8-13/h10-12H,1-9H2. The van der Waals surface area contributed by atoms with Crippen LogP contribution in [0.5, 0.6) is 0 Å². The molecule has 0 aromatic carbocycles. The van der Waals surface area contributed by atoms with E-state index in [9.17, 15) is 8.42 Å². The van der Waals surface area contributed by atoms with E-state index in [2.05, 4.69) is 10.1 Å². The Morgan fingerprint density at radius 3 is 2.50 bits per heavy atom. The van der Waals surface area contributed by atoms with Crippen molar-refractivity contribution in [2.24, 2.45) is 0 Å². The molecule has 2 aliphatic rings. The molecule has 2 aliphatic heterocycles. The third-order valence-electron chi connectivity index (χ3n) is 3.30. The van der Waals surface area contributed by atoms with Gasteiger partial charge in [0.05, 0.1) is 5.25 Å². The average Bonchev–Trinajstić information content (AvgIpc) is 2.31. The Labute approximate surface area is 97.6 Å². The lowest BCUT2D eigenvalue weighted by atomic mass is 10.2. The van der Waals surface area contributed by atoms with Crippen LogP contribution in [0.3, 0.4) is 0 Å². The molecule has 1 unspecified atom stereocenters. The van der Waals surface area contributed by atoms with E-state index in [0.717, 1.165) is 45.3 Å². The van der Waals surface area contributed by atoms with Crippen LogP contribution in [0.4, 0.5) is 0 Å². The van der Waals surface area contributed by atoms with Crippen molar-refractivity contribution in [3.8, 4) is 0 Å². The molecule has 0 amide bonds. The molecule has 0 radical (unpaired) electrons. The van der Waals surface area contributed by atoms with Crippen LogP contribution in [-0.4, -0.2) is 44.9 Å². The van der Waals surface area contributed by atoms with Crippen LogP contribution in [0.15, 0.2) is 0 Å². The van der Waals surface area contributed by atoms with Crippen LogP contribution in [0.1, 0.15) is 32.1 Å². The van der Waals surface area contributed by atoms with Crippen LogP contribution < -0.4 is 10.1 Å². The largest absolute Gasteiger partial charge is 0.315 e. The highest BCUT2D eigenvalue weighted by molar-refractivity contribution is 7.90. The molecular weight excluding hydrogens is 226 g/mol. The van der Waals surface area contributed by atoms with Gasteiger partial charge < -0.3 is 5.32 Å². The fourth-order valence-electron chi connectivity index (χ4n) is 2.32. The van der Waals surface area contributed by atoms with Crippen molar-refractivity contribution in [3.63, 3.8) is 0 Å². The number of hydrogen-bond acceptors (Lipinski definition) is 4. The average molecular weight is 247 g/mol. The van der Waals surface area contributed by atoms with E-state index < -0.39 is 10.0 Å². The molecule has 0 bridgehead atoms. The summed E-state index contributed by atoms with van der Waals surface area (Å²) in [5.41, 5.74) is 0. The molecule has 0 aromatic rings. The summed E-state index contributed by atoms with van der Waals surface area (Å²) in [6.45, 7) is 3.22. The molecule has 2 rings (SSSR count). The van der Waals surface area contributed by atoms with Gasteiger partial charge in [-0.05, 0) is 32.2 Å². The van der Waals surface area contributed by atoms with Crippen LogP contribution in [-0.2, 0) is 10.0 Å². The van der Waals surface area contributed by atoms with Crippen molar-refractivity contribution < 1.29 is 8.42 Å². The summed E-state index contributed by atoms with van der Waals surface area (Å²) in [4.78, 5) is 2.73. The van der Waals surface area contributed by atoms with Gasteiger partial charge in [0.1, 0.15) is 0 Å². The summed E-state index contributed by atoms with van der Waals surface area (Å²) in [6.07, 6.45) is 5.11. The molecule has 2 saturated heterocycles. The lowest BCUT2D eigenvalue weighted by molar-refractivity contribution is 0.198. The monoisotopic (exact) mass is 247 g/mol. The van der Waals surface area contributed by atoms with E-state index in [1.165, 1.54) is 6.42 Å². The van der Waals surface area contributed by atoms with Gasteiger partial charge in [0.2, 0.25) is 10.0 Å². The molecule has 94 valence electrons. The smallest absolute Gasteiger partial charge is 0.228 e. The minimum atomic E-state index is -3.17. The van der Waals surface area contributed by atoms with Gasteiger partial charge in [-0.15, -0.1) is 4.83 Å². The number of sulfonamides is 1. The topological polar surface area (TPSA) is 61.4 Å². The summed E-state index contributed by atoms with van der Waals surface area (Å²) >= 11 is 0. The van der Waals surface area contributed by atoms with E-state index in [4.69, 9.17) is 0 Å². The van der Waals surface area contributed by atoms with Gasteiger partial charge in [-0.3, -0.25) is 0 Å². The molecular formula is C10H21N3O2S. The SMILES string of the molecule is O=S(=O)(NN1CCCCC1)C1CCCNC1. The van der Waals surface area contributed by atoms with Gasteiger partial charge in [0.15, 0.2) is 0 Å². The molecule has 0 spiro atoms. The zero-order valence-corrected chi connectivity index (χ0v) is 10.4. The zero-order valence-electron chi connectivity index (χ0n) is 9.61. The quantitative estimate of drug-likeness (QED) is 0.740. The Morgan fingerprint density at radius 2 is 1.88 bits per heavy atom. The Hall–Kier alpha value is -0.170. The molecule has 1 atom stereocenters. The number of rotatable bonds is 3. The summed E-state index contributed by atoms with van der Waals surface area (Å²) in [5, 5.41) is 4.73. The molecule has 0 aromatic heterocycles. The minimum absolute atomic E-state index is 0.261. The molecule has 0 saturated carbocycles. The van der Waals surface area contributed by atoms with Gasteiger partial charge in [-0.2, -0.15) is 0 Å². The highest BCUT2D eigenvalue weighted by Gasteiger charge is 2.29. The predicted octanol–water partition coefficient (Wildman–Crippen LogP) is 0.0587. The summed E-state index contributed by atoms with van der Waals surface area (Å²) < 4.78 is 24.1. The first kappa shape index (κ1) is 12.3. The van der Waals surface area contributed by atoms with Crippen LogP contribution >= 0.6 is 0 Å². The molecule has 0 aliphatic carbocycles. The van der Waals surface area contributed by atoms with Crippen LogP contribution in [0.25, 0.3) is 0 Å². The zero-order chi connectivity index (χ0) is 11.4. The number of hydrazine groups is 1. The van der Waals surface area contributed by atoms with Gasteiger partial charge in [-0.1, -0.05) is 6.42 Å². The van der Waals surface area contributed by atoms with Crippen molar-refractivity contribution in [2.45, 2.75) is 37.4 Å². The summed E-state index contributed by atoms with van der Waals surface area (Å²) in [6, 6.07) is 0. The highest BCUT2D eigenvalue weighted by Crippen LogP contribution is 2.13. The maximum Gasteiger partial charge on any atom is 0.228 e. The van der Waals surface area contributed by atoms with E-state index in [0.29, 0.717) is 6.54 Å². The Morgan fingerprint density at radius 1 is 1.12 bits per heavy atom. The Bertz CT molecular complexity index is 306. The molecule has 2 heterocycles. The molecule has 6 heteroatoms. The van der Waals surface area contributed by atoms with Crippen LogP contribution in [0.2, 0.25) is 0 Å². The summed E-state index contributed by atoms with van der Waals surface area (Å²) in [7, 11) is -3.17. The lowest BCUT2D eigenvalue weighted by Crippen LogP contribution is -2.51. The first-order valence-electron chi connectivity index (χ1n) is 6.15. The minimum Gasteiger partial charge on any atom is -0.315 e. The highest BCUT2D eigenvalue weighted by atomic mass is 32.2. The maximum absolute atomic E-state index is 12.1. The van der Waals surface area contributed by atoms with E-state index in [1.54, 1.807) is 0 Å². The van der Waals surface area contributed by atoms with Gasteiger partial charge in [0.25, 0.3) is 0 Å². The Balaban J connectivity index is 1.90. The predicted molar refractivity (Wildman–Crippen MR) is 63.4 cm³/mol. The number of hydrogen-bond donors (Lipinski definition) is 2. The first-order chi connectivity index (χ1) is 7.68. The fourth-order valence-corrected chi connectivity index (χ4v) is 3.83. The van der Waals surface area contributed by atoms with Crippen molar-refractivity contribution in [1.29, 1.82) is 0 Å². The molecule has 16 heavy (non-hydrogen) atoms. The second kappa shape index (κ2) is 5.44. The van der Waals surface area contributed by atoms with Crippen molar-refractivity contribution in [2.75, 3.05) is 26.2 Å². The third-order valence-corrected chi connectivity index (χ3v) is 5.10. The number of nitrogens with zero attached hydrogens (tertiary/aromatic N) is 1. The van der Waals surface area contributed by atoms with Crippen molar-refractivity contribution in [1.82, 2.24) is 15.2 Å². The van der Waals surface area contributed by atoms with Crippen LogP contribution in [0, 0.1) is 0 Å². The first-order valence-corrected chi connectivity index (χ1v) is 7.70. The second-order valence-electron chi connectivity index (χ2n) is 4.65. The van der Waals surface area contributed by atoms with Crippen molar-refractivity contribution >= 4 is 10.0 Å². The second-order valence-corrected chi connectivity index (χ2v) is 6.59. The van der Waals surface area contributed by atoms with Gasteiger partial charge in [0, 0.05) is 19.6 Å². The third kappa shape index (κ3) is 3.16. The summed E-state index contributed by atoms with van der Waals surface area (Å²) in [5.74, 6) is 0.